The topological polar surface area (TPSA) is 37.3 Å². The SMILES string of the molecule is CC1=C(C(=O)O)C2(C)CCC1C2. The first-order chi connectivity index (χ1) is 5.54. The molecule has 2 aliphatic rings. The number of aliphatic carboxylic acids is 1. The van der Waals surface area contributed by atoms with Gasteiger partial charge in [0.05, 0.1) is 0 Å². The Morgan fingerprint density at radius 2 is 2.33 bits per heavy atom. The fourth-order valence-electron chi connectivity index (χ4n) is 2.94. The van der Waals surface area contributed by atoms with Crippen molar-refractivity contribution >= 4 is 5.97 Å². The summed E-state index contributed by atoms with van der Waals surface area (Å²) in [7, 11) is 0. The van der Waals surface area contributed by atoms with Crippen LogP contribution < -0.4 is 0 Å². The van der Waals surface area contributed by atoms with E-state index in [1.54, 1.807) is 0 Å². The van der Waals surface area contributed by atoms with E-state index in [-0.39, 0.29) is 5.41 Å². The van der Waals surface area contributed by atoms with Crippen LogP contribution in [-0.2, 0) is 4.79 Å². The highest BCUT2D eigenvalue weighted by molar-refractivity contribution is 5.90. The van der Waals surface area contributed by atoms with Crippen LogP contribution in [0.1, 0.15) is 33.1 Å². The van der Waals surface area contributed by atoms with Gasteiger partial charge in [0.2, 0.25) is 0 Å². The van der Waals surface area contributed by atoms with Gasteiger partial charge < -0.3 is 5.11 Å². The molecular weight excluding hydrogens is 152 g/mol. The predicted molar refractivity (Wildman–Crippen MR) is 45.8 cm³/mol. The third-order valence-corrected chi connectivity index (χ3v) is 3.57. The Morgan fingerprint density at radius 1 is 1.67 bits per heavy atom. The van der Waals surface area contributed by atoms with E-state index in [0.717, 1.165) is 18.4 Å². The molecule has 2 nitrogen and oxygen atoms in total. The lowest BCUT2D eigenvalue weighted by Crippen LogP contribution is -2.20. The molecule has 2 rings (SSSR count). The first-order valence-corrected chi connectivity index (χ1v) is 4.49. The lowest BCUT2D eigenvalue weighted by atomic mass is 9.81. The van der Waals surface area contributed by atoms with Crippen LogP contribution in [0, 0.1) is 11.3 Å². The maximum Gasteiger partial charge on any atom is 0.332 e. The average Bonchev–Trinajstić information content (AvgIpc) is 2.40. The van der Waals surface area contributed by atoms with E-state index in [2.05, 4.69) is 6.92 Å². The number of carboxylic acids is 1. The van der Waals surface area contributed by atoms with Crippen molar-refractivity contribution in [2.75, 3.05) is 0 Å². The molecule has 2 bridgehead atoms. The second kappa shape index (κ2) is 2.12. The van der Waals surface area contributed by atoms with Crippen LogP contribution >= 0.6 is 0 Å². The molecule has 2 aliphatic carbocycles. The Labute approximate surface area is 72.3 Å². The zero-order valence-electron chi connectivity index (χ0n) is 7.55. The molecule has 0 saturated heterocycles. The second-order valence-corrected chi connectivity index (χ2v) is 4.36. The zero-order chi connectivity index (χ0) is 8.93. The molecule has 1 N–H and O–H groups in total. The predicted octanol–water partition coefficient (Wildman–Crippen LogP) is 2.21. The molecule has 2 heteroatoms. The number of hydrogen-bond acceptors (Lipinski definition) is 1. The van der Waals surface area contributed by atoms with Crippen molar-refractivity contribution in [3.63, 3.8) is 0 Å². The van der Waals surface area contributed by atoms with Crippen LogP contribution in [0.5, 0.6) is 0 Å². The molecule has 0 amide bonds. The van der Waals surface area contributed by atoms with E-state index in [1.807, 2.05) is 6.92 Å². The highest BCUT2D eigenvalue weighted by Crippen LogP contribution is 2.56. The smallest absolute Gasteiger partial charge is 0.332 e. The van der Waals surface area contributed by atoms with E-state index in [9.17, 15) is 4.79 Å². The molecular formula is C10H14O2. The van der Waals surface area contributed by atoms with Crippen molar-refractivity contribution in [2.24, 2.45) is 11.3 Å². The molecule has 0 aromatic heterocycles. The lowest BCUT2D eigenvalue weighted by Gasteiger charge is -2.23. The largest absolute Gasteiger partial charge is 0.478 e. The molecule has 1 saturated carbocycles. The summed E-state index contributed by atoms with van der Waals surface area (Å²) in [4.78, 5) is 10.9. The van der Waals surface area contributed by atoms with Crippen molar-refractivity contribution in [1.82, 2.24) is 0 Å². The van der Waals surface area contributed by atoms with Gasteiger partial charge in [-0.2, -0.15) is 0 Å². The highest BCUT2D eigenvalue weighted by atomic mass is 16.4. The highest BCUT2D eigenvalue weighted by Gasteiger charge is 2.48. The van der Waals surface area contributed by atoms with Gasteiger partial charge in [-0.25, -0.2) is 4.79 Å². The van der Waals surface area contributed by atoms with E-state index >= 15 is 0 Å². The van der Waals surface area contributed by atoms with Crippen molar-refractivity contribution in [3.05, 3.63) is 11.1 Å². The third-order valence-electron chi connectivity index (χ3n) is 3.57. The first-order valence-electron chi connectivity index (χ1n) is 4.49. The standard InChI is InChI=1S/C10H14O2/c1-6-7-3-4-10(2,5-7)8(6)9(11)12/h7H,3-5H2,1-2H3,(H,11,12). The van der Waals surface area contributed by atoms with E-state index in [4.69, 9.17) is 5.11 Å². The van der Waals surface area contributed by atoms with Gasteiger partial charge in [0, 0.05) is 11.0 Å². The van der Waals surface area contributed by atoms with Crippen molar-refractivity contribution in [3.8, 4) is 0 Å². The van der Waals surface area contributed by atoms with Crippen molar-refractivity contribution < 1.29 is 9.90 Å². The summed E-state index contributed by atoms with van der Waals surface area (Å²) in [6, 6.07) is 0. The third kappa shape index (κ3) is 0.780. The van der Waals surface area contributed by atoms with Crippen LogP contribution in [0.2, 0.25) is 0 Å². The first kappa shape index (κ1) is 7.84. The maximum atomic E-state index is 10.9. The van der Waals surface area contributed by atoms with Gasteiger partial charge in [0.25, 0.3) is 0 Å². The number of carbonyl (C=O) groups is 1. The van der Waals surface area contributed by atoms with Gasteiger partial charge in [-0.15, -0.1) is 0 Å². The molecule has 0 heterocycles. The number of fused-ring (bicyclic) bond motifs is 2. The summed E-state index contributed by atoms with van der Waals surface area (Å²) in [6.07, 6.45) is 3.33. The van der Waals surface area contributed by atoms with E-state index in [0.29, 0.717) is 11.5 Å². The van der Waals surface area contributed by atoms with E-state index in [1.165, 1.54) is 6.42 Å². The number of carboxylic acid groups (broad SMARTS) is 1. The summed E-state index contributed by atoms with van der Waals surface area (Å²) < 4.78 is 0. The second-order valence-electron chi connectivity index (χ2n) is 4.36. The molecule has 12 heavy (non-hydrogen) atoms. The Kier molecular flexibility index (Phi) is 1.39. The Balaban J connectivity index is 2.48. The van der Waals surface area contributed by atoms with E-state index < -0.39 is 5.97 Å². The van der Waals surface area contributed by atoms with Crippen molar-refractivity contribution in [1.29, 1.82) is 0 Å². The summed E-state index contributed by atoms with van der Waals surface area (Å²) in [5.41, 5.74) is 1.84. The van der Waals surface area contributed by atoms with Crippen LogP contribution in [-0.4, -0.2) is 11.1 Å². The molecule has 2 unspecified atom stereocenters. The van der Waals surface area contributed by atoms with Crippen LogP contribution in [0.3, 0.4) is 0 Å². The molecule has 0 aliphatic heterocycles. The Hall–Kier alpha value is -0.790. The van der Waals surface area contributed by atoms with Crippen LogP contribution in [0.4, 0.5) is 0 Å². The lowest BCUT2D eigenvalue weighted by molar-refractivity contribution is -0.133. The minimum Gasteiger partial charge on any atom is -0.478 e. The number of rotatable bonds is 1. The molecule has 66 valence electrons. The molecule has 0 radical (unpaired) electrons. The van der Waals surface area contributed by atoms with Gasteiger partial charge in [-0.05, 0) is 32.1 Å². The van der Waals surface area contributed by atoms with Crippen LogP contribution in [0.25, 0.3) is 0 Å². The van der Waals surface area contributed by atoms with Gasteiger partial charge in [0.1, 0.15) is 0 Å². The minimum atomic E-state index is -0.697. The number of hydrogen-bond donors (Lipinski definition) is 1. The normalized spacial score (nSPS) is 39.3. The summed E-state index contributed by atoms with van der Waals surface area (Å²) in [6.45, 7) is 4.07. The fraction of sp³-hybridized carbons (Fsp3) is 0.700. The Morgan fingerprint density at radius 3 is 2.67 bits per heavy atom. The molecule has 1 fully saturated rings. The zero-order valence-corrected chi connectivity index (χ0v) is 7.55. The van der Waals surface area contributed by atoms with Gasteiger partial charge in [0.15, 0.2) is 0 Å². The monoisotopic (exact) mass is 166 g/mol. The van der Waals surface area contributed by atoms with Gasteiger partial charge in [-0.3, -0.25) is 0 Å². The quantitative estimate of drug-likeness (QED) is 0.648. The molecule has 0 spiro atoms. The summed E-state index contributed by atoms with van der Waals surface area (Å²) in [5, 5.41) is 9.01. The molecule has 0 aromatic rings. The minimum absolute atomic E-state index is 0.000579. The van der Waals surface area contributed by atoms with Crippen molar-refractivity contribution in [2.45, 2.75) is 33.1 Å². The Bertz CT molecular complexity index is 278. The summed E-state index contributed by atoms with van der Waals surface area (Å²) >= 11 is 0. The maximum absolute atomic E-state index is 10.9. The average molecular weight is 166 g/mol. The van der Waals surface area contributed by atoms with Gasteiger partial charge >= 0.3 is 5.97 Å². The van der Waals surface area contributed by atoms with Crippen LogP contribution in [0.15, 0.2) is 11.1 Å². The summed E-state index contributed by atoms with van der Waals surface area (Å²) in [5.74, 6) is -0.127. The molecule has 0 aromatic carbocycles. The number of allylic oxidation sites excluding steroid dienone is 1. The van der Waals surface area contributed by atoms with Gasteiger partial charge in [-0.1, -0.05) is 12.5 Å². The fourth-order valence-corrected chi connectivity index (χ4v) is 2.94. The molecule has 2 atom stereocenters.